The van der Waals surface area contributed by atoms with E-state index in [1.807, 2.05) is 11.8 Å². The molecule has 0 bridgehead atoms. The van der Waals surface area contributed by atoms with Crippen LogP contribution in [0.25, 0.3) is 0 Å². The smallest absolute Gasteiger partial charge is 0.255 e. The van der Waals surface area contributed by atoms with Crippen molar-refractivity contribution in [2.24, 2.45) is 0 Å². The summed E-state index contributed by atoms with van der Waals surface area (Å²) in [4.78, 5) is 28.9. The van der Waals surface area contributed by atoms with Crippen LogP contribution in [0.5, 0.6) is 0 Å². The molecular formula is C18H23N5O2. The molecule has 1 aliphatic rings. The molecular weight excluding hydrogens is 318 g/mol. The van der Waals surface area contributed by atoms with Gasteiger partial charge in [0.2, 0.25) is 5.95 Å². The van der Waals surface area contributed by atoms with Gasteiger partial charge in [-0.3, -0.25) is 9.78 Å². The molecule has 0 aliphatic carbocycles. The second-order valence-electron chi connectivity index (χ2n) is 6.60. The number of hydrogen-bond donors (Lipinski definition) is 1. The number of carbonyl (C=O) groups is 1. The van der Waals surface area contributed by atoms with Crippen LogP contribution in [0.1, 0.15) is 28.9 Å². The van der Waals surface area contributed by atoms with Gasteiger partial charge in [0.25, 0.3) is 5.91 Å². The molecule has 2 aromatic heterocycles. The van der Waals surface area contributed by atoms with Gasteiger partial charge < -0.3 is 14.9 Å². The van der Waals surface area contributed by atoms with Crippen molar-refractivity contribution in [1.29, 1.82) is 0 Å². The number of aryl methyl sites for hydroxylation is 1. The first-order chi connectivity index (χ1) is 12.0. The highest BCUT2D eigenvalue weighted by Gasteiger charge is 2.36. The Balaban J connectivity index is 1.70. The summed E-state index contributed by atoms with van der Waals surface area (Å²) in [6.45, 7) is 3.26. The van der Waals surface area contributed by atoms with E-state index >= 15 is 0 Å². The number of piperidine rings is 1. The Bertz CT molecular complexity index is 739. The number of hydrogen-bond acceptors (Lipinski definition) is 6. The molecule has 1 atom stereocenters. The number of aromatic nitrogens is 3. The fourth-order valence-electron chi connectivity index (χ4n) is 3.30. The van der Waals surface area contributed by atoms with E-state index < -0.39 is 5.60 Å². The lowest BCUT2D eigenvalue weighted by atomic mass is 9.92. The van der Waals surface area contributed by atoms with Crippen LogP contribution in [0.2, 0.25) is 0 Å². The fraction of sp³-hybridized carbons (Fsp3) is 0.444. The van der Waals surface area contributed by atoms with Crippen molar-refractivity contribution >= 4 is 11.9 Å². The Hall–Kier alpha value is -2.54. The number of aliphatic hydroxyl groups is 1. The summed E-state index contributed by atoms with van der Waals surface area (Å²) < 4.78 is 0. The number of nitrogens with zero attached hydrogens (tertiary/aromatic N) is 5. The average Bonchev–Trinajstić information content (AvgIpc) is 2.62. The molecule has 7 nitrogen and oxygen atoms in total. The van der Waals surface area contributed by atoms with E-state index in [0.29, 0.717) is 30.2 Å². The Morgan fingerprint density at radius 2 is 2.00 bits per heavy atom. The molecule has 7 heteroatoms. The first kappa shape index (κ1) is 17.3. The van der Waals surface area contributed by atoms with E-state index in [9.17, 15) is 9.90 Å². The highest BCUT2D eigenvalue weighted by molar-refractivity contribution is 5.95. The molecule has 1 N–H and O–H groups in total. The largest absolute Gasteiger partial charge is 0.386 e. The van der Waals surface area contributed by atoms with Gasteiger partial charge in [-0.1, -0.05) is 0 Å². The van der Waals surface area contributed by atoms with Crippen molar-refractivity contribution in [2.75, 3.05) is 31.6 Å². The predicted molar refractivity (Wildman–Crippen MR) is 94.4 cm³/mol. The normalized spacial score (nSPS) is 20.4. The summed E-state index contributed by atoms with van der Waals surface area (Å²) in [5, 5.41) is 11.0. The summed E-state index contributed by atoms with van der Waals surface area (Å²) in [5.74, 6) is 0.477. The first-order valence-corrected chi connectivity index (χ1v) is 8.40. The third-order valence-electron chi connectivity index (χ3n) is 4.51. The molecule has 1 amide bonds. The lowest BCUT2D eigenvalue weighted by Gasteiger charge is -2.41. The van der Waals surface area contributed by atoms with E-state index in [4.69, 9.17) is 0 Å². The second-order valence-corrected chi connectivity index (χ2v) is 6.60. The fourth-order valence-corrected chi connectivity index (χ4v) is 3.30. The zero-order valence-electron chi connectivity index (χ0n) is 14.6. The third kappa shape index (κ3) is 3.93. The summed E-state index contributed by atoms with van der Waals surface area (Å²) in [5.41, 5.74) is 0.264. The molecule has 2 aromatic rings. The summed E-state index contributed by atoms with van der Waals surface area (Å²) in [7, 11) is 1.71. The monoisotopic (exact) mass is 341 g/mol. The highest BCUT2D eigenvalue weighted by Crippen LogP contribution is 2.25. The number of carbonyl (C=O) groups excluding carboxylic acids is 1. The highest BCUT2D eigenvalue weighted by atomic mass is 16.3. The molecule has 1 saturated heterocycles. The number of pyridine rings is 1. The van der Waals surface area contributed by atoms with Crippen LogP contribution in [-0.4, -0.2) is 63.1 Å². The van der Waals surface area contributed by atoms with E-state index in [-0.39, 0.29) is 12.5 Å². The standard InChI is InChI=1S/C18H23N5O2/c1-14-15(6-3-8-19-14)16(24)22(2)12-18(25)7-4-11-23(13-18)17-20-9-5-10-21-17/h3,5-6,8-10,25H,4,7,11-13H2,1-2H3/t18-/m0/s1. The molecule has 132 valence electrons. The lowest BCUT2D eigenvalue weighted by molar-refractivity contribution is -0.000332. The van der Waals surface area contributed by atoms with Gasteiger partial charge in [-0.15, -0.1) is 0 Å². The molecule has 25 heavy (non-hydrogen) atoms. The molecule has 0 radical (unpaired) electrons. The van der Waals surface area contributed by atoms with Crippen molar-refractivity contribution in [1.82, 2.24) is 19.9 Å². The van der Waals surface area contributed by atoms with E-state index in [1.54, 1.807) is 48.7 Å². The maximum atomic E-state index is 12.7. The Morgan fingerprint density at radius 1 is 1.28 bits per heavy atom. The number of amides is 1. The molecule has 0 spiro atoms. The van der Waals surface area contributed by atoms with Gasteiger partial charge in [0.05, 0.1) is 24.3 Å². The quantitative estimate of drug-likeness (QED) is 0.902. The van der Waals surface area contributed by atoms with Crippen LogP contribution >= 0.6 is 0 Å². The van der Waals surface area contributed by atoms with E-state index in [1.165, 1.54) is 0 Å². The molecule has 1 aliphatic heterocycles. The molecule has 0 saturated carbocycles. The summed E-state index contributed by atoms with van der Waals surface area (Å²) in [6.07, 6.45) is 6.51. The predicted octanol–water partition coefficient (Wildman–Crippen LogP) is 1.28. The number of likely N-dealkylation sites (N-methyl/N-ethyl adjacent to an activating group) is 1. The van der Waals surface area contributed by atoms with Gasteiger partial charge in [-0.05, 0) is 38.0 Å². The van der Waals surface area contributed by atoms with Crippen LogP contribution in [0.15, 0.2) is 36.8 Å². The van der Waals surface area contributed by atoms with Crippen molar-refractivity contribution in [3.05, 3.63) is 48.0 Å². The SMILES string of the molecule is Cc1ncccc1C(=O)N(C)C[C@@]1(O)CCCN(c2ncccn2)C1. The van der Waals surface area contributed by atoms with Gasteiger partial charge in [0.15, 0.2) is 0 Å². The molecule has 0 unspecified atom stereocenters. The topological polar surface area (TPSA) is 82.5 Å². The van der Waals surface area contributed by atoms with Gasteiger partial charge in [0, 0.05) is 37.9 Å². The molecule has 3 heterocycles. The number of anilines is 1. The van der Waals surface area contributed by atoms with Crippen LogP contribution in [0.3, 0.4) is 0 Å². The van der Waals surface area contributed by atoms with Crippen molar-refractivity contribution in [3.63, 3.8) is 0 Å². The zero-order chi connectivity index (χ0) is 17.9. The maximum absolute atomic E-state index is 12.7. The summed E-state index contributed by atoms with van der Waals surface area (Å²) >= 11 is 0. The van der Waals surface area contributed by atoms with Gasteiger partial charge in [0.1, 0.15) is 0 Å². The van der Waals surface area contributed by atoms with Gasteiger partial charge in [-0.2, -0.15) is 0 Å². The zero-order valence-corrected chi connectivity index (χ0v) is 14.6. The van der Waals surface area contributed by atoms with Crippen molar-refractivity contribution in [2.45, 2.75) is 25.4 Å². The lowest BCUT2D eigenvalue weighted by Crippen LogP contribution is -2.55. The Kier molecular flexibility index (Phi) is 4.94. The number of rotatable bonds is 4. The van der Waals surface area contributed by atoms with Crippen molar-refractivity contribution < 1.29 is 9.90 Å². The molecule has 1 fully saturated rings. The number of β-amino-alcohol motifs (C(OH)–C–C–N with tert-alkyl or cyclic N) is 1. The van der Waals surface area contributed by atoms with Crippen LogP contribution in [-0.2, 0) is 0 Å². The minimum absolute atomic E-state index is 0.132. The van der Waals surface area contributed by atoms with E-state index in [0.717, 1.165) is 13.0 Å². The average molecular weight is 341 g/mol. The minimum atomic E-state index is -0.988. The maximum Gasteiger partial charge on any atom is 0.255 e. The van der Waals surface area contributed by atoms with Crippen LogP contribution < -0.4 is 4.90 Å². The Labute approximate surface area is 147 Å². The van der Waals surface area contributed by atoms with Gasteiger partial charge in [-0.25, -0.2) is 9.97 Å². The van der Waals surface area contributed by atoms with Crippen molar-refractivity contribution in [3.8, 4) is 0 Å². The molecule has 3 rings (SSSR count). The molecule has 0 aromatic carbocycles. The first-order valence-electron chi connectivity index (χ1n) is 8.40. The van der Waals surface area contributed by atoms with Crippen LogP contribution in [0, 0.1) is 6.92 Å². The third-order valence-corrected chi connectivity index (χ3v) is 4.51. The second kappa shape index (κ2) is 7.14. The van der Waals surface area contributed by atoms with Gasteiger partial charge >= 0.3 is 0 Å². The summed E-state index contributed by atoms with van der Waals surface area (Å²) in [6, 6.07) is 5.27. The Morgan fingerprint density at radius 3 is 2.72 bits per heavy atom. The van der Waals surface area contributed by atoms with Crippen LogP contribution in [0.4, 0.5) is 5.95 Å². The minimum Gasteiger partial charge on any atom is -0.386 e. The van der Waals surface area contributed by atoms with E-state index in [2.05, 4.69) is 15.0 Å².